The molecule has 1 heterocycles. The molecule has 31 heavy (non-hydrogen) atoms. The maximum absolute atomic E-state index is 14.0. The van der Waals surface area contributed by atoms with E-state index in [0.717, 1.165) is 0 Å². The molecular formula is C14HF15N2. The van der Waals surface area contributed by atoms with Crippen LogP contribution in [0.15, 0.2) is 6.07 Å². The molecule has 0 bridgehead atoms. The quantitative estimate of drug-likeness (QED) is 0.366. The first kappa shape index (κ1) is 24.5. The maximum atomic E-state index is 14.0. The van der Waals surface area contributed by atoms with Gasteiger partial charge >= 0.3 is 24.5 Å². The Kier molecular flexibility index (Phi) is 5.65. The van der Waals surface area contributed by atoms with Crippen molar-refractivity contribution in [2.24, 2.45) is 0 Å². The molecule has 2 aromatic rings. The zero-order valence-electron chi connectivity index (χ0n) is 13.6. The molecular weight excluding hydrogens is 481 g/mol. The third-order valence-corrected chi connectivity index (χ3v) is 3.46. The van der Waals surface area contributed by atoms with Crippen LogP contribution in [-0.2, 0) is 18.3 Å². The van der Waals surface area contributed by atoms with Gasteiger partial charge in [0.25, 0.3) is 0 Å². The van der Waals surface area contributed by atoms with Gasteiger partial charge in [0, 0.05) is 0 Å². The van der Waals surface area contributed by atoms with Gasteiger partial charge < -0.3 is 0 Å². The standard InChI is InChI=1S/C14HF15N2/c15-6-4(7(16)9(18)5(8(6)17)12(21,22)23)2-1-3(11(19,20)14(27,28)29)31-10(30-2)13(24,25)26/h1H. The van der Waals surface area contributed by atoms with Crippen LogP contribution in [0.1, 0.15) is 17.1 Å². The van der Waals surface area contributed by atoms with E-state index in [0.29, 0.717) is 0 Å². The largest absolute Gasteiger partial charge is 0.459 e. The van der Waals surface area contributed by atoms with Crippen LogP contribution in [0.3, 0.4) is 0 Å². The van der Waals surface area contributed by atoms with E-state index in [9.17, 15) is 65.9 Å². The van der Waals surface area contributed by atoms with Crippen molar-refractivity contribution in [1.82, 2.24) is 9.97 Å². The van der Waals surface area contributed by atoms with Crippen molar-refractivity contribution >= 4 is 0 Å². The van der Waals surface area contributed by atoms with Crippen LogP contribution in [0.25, 0.3) is 11.3 Å². The second-order valence-electron chi connectivity index (χ2n) is 5.54. The van der Waals surface area contributed by atoms with E-state index in [1.165, 1.54) is 0 Å². The summed E-state index contributed by atoms with van der Waals surface area (Å²) in [5, 5.41) is 0. The van der Waals surface area contributed by atoms with Gasteiger partial charge in [0.1, 0.15) is 11.3 Å². The number of aromatic nitrogens is 2. The maximum Gasteiger partial charge on any atom is 0.459 e. The second kappa shape index (κ2) is 7.15. The zero-order valence-corrected chi connectivity index (χ0v) is 13.6. The van der Waals surface area contributed by atoms with Gasteiger partial charge in [0.2, 0.25) is 5.82 Å². The van der Waals surface area contributed by atoms with Gasteiger partial charge in [-0.3, -0.25) is 0 Å². The van der Waals surface area contributed by atoms with E-state index < -0.39 is 82.1 Å². The monoisotopic (exact) mass is 482 g/mol. The van der Waals surface area contributed by atoms with Crippen molar-refractivity contribution in [2.75, 3.05) is 0 Å². The van der Waals surface area contributed by atoms with E-state index >= 15 is 0 Å². The molecule has 172 valence electrons. The molecule has 0 saturated carbocycles. The van der Waals surface area contributed by atoms with E-state index in [1.807, 2.05) is 4.98 Å². The highest BCUT2D eigenvalue weighted by Gasteiger charge is 2.60. The summed E-state index contributed by atoms with van der Waals surface area (Å²) < 4.78 is 196. The highest BCUT2D eigenvalue weighted by molar-refractivity contribution is 5.63. The minimum Gasteiger partial charge on any atom is -0.224 e. The summed E-state index contributed by atoms with van der Waals surface area (Å²) >= 11 is 0. The summed E-state index contributed by atoms with van der Waals surface area (Å²) in [7, 11) is 0. The number of halogens is 15. The molecule has 2 rings (SSSR count). The molecule has 0 radical (unpaired) electrons. The topological polar surface area (TPSA) is 25.8 Å². The fourth-order valence-electron chi connectivity index (χ4n) is 2.11. The van der Waals surface area contributed by atoms with Gasteiger partial charge in [-0.25, -0.2) is 27.5 Å². The Hall–Kier alpha value is -2.75. The van der Waals surface area contributed by atoms with Crippen LogP contribution in [0.2, 0.25) is 0 Å². The van der Waals surface area contributed by atoms with Gasteiger partial charge in [0.15, 0.2) is 23.3 Å². The predicted molar refractivity (Wildman–Crippen MR) is 67.3 cm³/mol. The highest BCUT2D eigenvalue weighted by atomic mass is 19.4. The molecule has 17 heteroatoms. The van der Waals surface area contributed by atoms with Crippen LogP contribution in [0, 0.1) is 23.3 Å². The average Bonchev–Trinajstić information content (AvgIpc) is 2.57. The molecule has 0 fully saturated rings. The fraction of sp³-hybridized carbons (Fsp3) is 0.286. The molecule has 0 aliphatic heterocycles. The summed E-state index contributed by atoms with van der Waals surface area (Å²) in [6.45, 7) is 0. The number of benzene rings is 1. The van der Waals surface area contributed by atoms with E-state index in [4.69, 9.17) is 0 Å². The number of nitrogens with zero attached hydrogens (tertiary/aromatic N) is 2. The Morgan fingerprint density at radius 2 is 1.03 bits per heavy atom. The third kappa shape index (κ3) is 4.21. The fourth-order valence-corrected chi connectivity index (χ4v) is 2.11. The third-order valence-electron chi connectivity index (χ3n) is 3.46. The van der Waals surface area contributed by atoms with Crippen molar-refractivity contribution in [3.63, 3.8) is 0 Å². The lowest BCUT2D eigenvalue weighted by molar-refractivity contribution is -0.291. The minimum absolute atomic E-state index is 0.809. The molecule has 0 aliphatic carbocycles. The molecule has 0 unspecified atom stereocenters. The van der Waals surface area contributed by atoms with Gasteiger partial charge in [-0.2, -0.15) is 48.3 Å². The summed E-state index contributed by atoms with van der Waals surface area (Å²) in [5.41, 5.74) is -10.8. The molecule has 0 spiro atoms. The van der Waals surface area contributed by atoms with Crippen molar-refractivity contribution in [1.29, 1.82) is 0 Å². The van der Waals surface area contributed by atoms with Crippen LogP contribution >= 0.6 is 0 Å². The molecule has 0 amide bonds. The Labute approximate surface area is 159 Å². The lowest BCUT2D eigenvalue weighted by Gasteiger charge is -2.21. The minimum atomic E-state index is -6.60. The first-order chi connectivity index (χ1) is 13.7. The lowest BCUT2D eigenvalue weighted by Crippen LogP contribution is -2.35. The van der Waals surface area contributed by atoms with Crippen molar-refractivity contribution < 1.29 is 65.9 Å². The van der Waals surface area contributed by atoms with Gasteiger partial charge in [-0.15, -0.1) is 0 Å². The molecule has 1 aromatic carbocycles. The highest BCUT2D eigenvalue weighted by Crippen LogP contribution is 2.45. The Morgan fingerprint density at radius 3 is 1.39 bits per heavy atom. The van der Waals surface area contributed by atoms with Crippen molar-refractivity contribution in [3.8, 4) is 11.3 Å². The summed E-state index contributed by atoms with van der Waals surface area (Å²) in [6.07, 6.45) is -18.6. The molecule has 0 atom stereocenters. The Balaban J connectivity index is 2.97. The lowest BCUT2D eigenvalue weighted by atomic mass is 10.0. The Bertz CT molecular complexity index is 987. The van der Waals surface area contributed by atoms with Crippen molar-refractivity contribution in [2.45, 2.75) is 24.5 Å². The number of rotatable bonds is 2. The average molecular weight is 482 g/mol. The molecule has 0 N–H and O–H groups in total. The van der Waals surface area contributed by atoms with Crippen LogP contribution in [0.4, 0.5) is 65.9 Å². The van der Waals surface area contributed by atoms with Crippen LogP contribution < -0.4 is 0 Å². The smallest absolute Gasteiger partial charge is 0.224 e. The predicted octanol–water partition coefficient (Wildman–Crippen LogP) is 6.39. The van der Waals surface area contributed by atoms with E-state index in [2.05, 4.69) is 4.98 Å². The molecule has 1 aromatic heterocycles. The SMILES string of the molecule is Fc1c(F)c(C(F)(F)F)c(F)c(F)c1-c1cc(C(F)(F)C(F)(F)F)nc(C(F)(F)F)n1. The van der Waals surface area contributed by atoms with Gasteiger partial charge in [-0.05, 0) is 6.07 Å². The summed E-state index contributed by atoms with van der Waals surface area (Å²) in [4.78, 5) is 4.15. The number of hydrogen-bond donors (Lipinski definition) is 0. The Morgan fingerprint density at radius 1 is 0.581 bits per heavy atom. The molecule has 0 saturated heterocycles. The van der Waals surface area contributed by atoms with Gasteiger partial charge in [-0.1, -0.05) is 0 Å². The number of alkyl halides is 11. The normalized spacial score (nSPS) is 13.6. The summed E-state index contributed by atoms with van der Waals surface area (Å²) in [6, 6.07) is -0.809. The zero-order chi connectivity index (χ0) is 24.3. The number of hydrogen-bond acceptors (Lipinski definition) is 2. The van der Waals surface area contributed by atoms with E-state index in [-0.39, 0.29) is 0 Å². The van der Waals surface area contributed by atoms with Gasteiger partial charge in [0.05, 0.1) is 11.3 Å². The molecule has 2 nitrogen and oxygen atoms in total. The van der Waals surface area contributed by atoms with Crippen molar-refractivity contribution in [3.05, 3.63) is 46.4 Å². The first-order valence-electron chi connectivity index (χ1n) is 7.06. The second-order valence-corrected chi connectivity index (χ2v) is 5.54. The van der Waals surface area contributed by atoms with Crippen LogP contribution in [-0.4, -0.2) is 16.1 Å². The van der Waals surface area contributed by atoms with E-state index in [1.54, 1.807) is 0 Å². The summed E-state index contributed by atoms with van der Waals surface area (Å²) in [5.74, 6) is -21.6. The first-order valence-corrected chi connectivity index (χ1v) is 7.06. The molecule has 0 aliphatic rings. The van der Waals surface area contributed by atoms with Crippen LogP contribution in [0.5, 0.6) is 0 Å².